The van der Waals surface area contributed by atoms with Gasteiger partial charge in [-0.2, -0.15) is 0 Å². The lowest BCUT2D eigenvalue weighted by molar-refractivity contribution is -0.117. The van der Waals surface area contributed by atoms with Crippen LogP contribution >= 0.6 is 0 Å². The molecule has 0 radical (unpaired) electrons. The summed E-state index contributed by atoms with van der Waals surface area (Å²) in [7, 11) is 1.90. The lowest BCUT2D eigenvalue weighted by atomic mass is 10.2. The number of nitrogens with one attached hydrogen (secondary N) is 1. The topological polar surface area (TPSA) is 58.4 Å². The third kappa shape index (κ3) is 3.92. The first-order chi connectivity index (χ1) is 8.95. The lowest BCUT2D eigenvalue weighted by Crippen LogP contribution is -2.32. The fourth-order valence-corrected chi connectivity index (χ4v) is 2.19. The Labute approximate surface area is 112 Å². The van der Waals surface area contributed by atoms with Gasteiger partial charge >= 0.3 is 0 Å². The maximum atomic E-state index is 13.5. The predicted molar refractivity (Wildman–Crippen MR) is 74.2 cm³/mol. The fourth-order valence-electron chi connectivity index (χ4n) is 2.19. The fraction of sp³-hybridized carbons (Fsp3) is 0.500. The van der Waals surface area contributed by atoms with Crippen molar-refractivity contribution in [2.75, 3.05) is 31.2 Å². The second-order valence-electron chi connectivity index (χ2n) is 5.46. The van der Waals surface area contributed by atoms with Crippen LogP contribution < -0.4 is 11.1 Å². The van der Waals surface area contributed by atoms with Gasteiger partial charge in [-0.25, -0.2) is 4.39 Å². The number of hydrogen-bond acceptors (Lipinski definition) is 3. The highest BCUT2D eigenvalue weighted by atomic mass is 19.1. The molecule has 5 heteroatoms. The number of likely N-dealkylation sites (N-methyl/N-ethyl adjacent to an activating group) is 1. The van der Waals surface area contributed by atoms with Gasteiger partial charge in [0, 0.05) is 12.2 Å². The molecule has 1 aliphatic carbocycles. The monoisotopic (exact) mass is 265 g/mol. The molecule has 2 rings (SSSR count). The van der Waals surface area contributed by atoms with Crippen molar-refractivity contribution in [3.8, 4) is 0 Å². The van der Waals surface area contributed by atoms with E-state index in [2.05, 4.69) is 12.2 Å². The van der Waals surface area contributed by atoms with E-state index >= 15 is 0 Å². The summed E-state index contributed by atoms with van der Waals surface area (Å²) < 4.78 is 13.5. The van der Waals surface area contributed by atoms with Crippen molar-refractivity contribution in [3.05, 3.63) is 24.0 Å². The van der Waals surface area contributed by atoms with Crippen molar-refractivity contribution < 1.29 is 9.18 Å². The minimum Gasteiger partial charge on any atom is -0.399 e. The van der Waals surface area contributed by atoms with E-state index in [0.29, 0.717) is 11.6 Å². The summed E-state index contributed by atoms with van der Waals surface area (Å²) in [5, 5.41) is 2.55. The lowest BCUT2D eigenvalue weighted by Gasteiger charge is -2.16. The summed E-state index contributed by atoms with van der Waals surface area (Å²) in [6.07, 6.45) is 1.23. The highest BCUT2D eigenvalue weighted by molar-refractivity contribution is 5.92. The van der Waals surface area contributed by atoms with Crippen molar-refractivity contribution in [2.45, 2.75) is 13.3 Å². The Kier molecular flexibility index (Phi) is 4.04. The van der Waals surface area contributed by atoms with Crippen LogP contribution in [0.15, 0.2) is 18.2 Å². The van der Waals surface area contributed by atoms with E-state index in [4.69, 9.17) is 5.73 Å². The second kappa shape index (κ2) is 5.57. The number of carbonyl (C=O) groups is 1. The zero-order chi connectivity index (χ0) is 14.0. The third-order valence-electron chi connectivity index (χ3n) is 3.50. The smallest absolute Gasteiger partial charge is 0.238 e. The normalized spacial score (nSPS) is 21.5. The van der Waals surface area contributed by atoms with Crippen LogP contribution in [-0.4, -0.2) is 30.9 Å². The van der Waals surface area contributed by atoms with E-state index in [1.807, 2.05) is 11.9 Å². The molecule has 0 aliphatic heterocycles. The Bertz CT molecular complexity index is 478. The molecule has 0 aromatic heterocycles. The van der Waals surface area contributed by atoms with Crippen LogP contribution in [0.1, 0.15) is 13.3 Å². The van der Waals surface area contributed by atoms with Crippen LogP contribution in [0.5, 0.6) is 0 Å². The predicted octanol–water partition coefficient (Wildman–Crippen LogP) is 1.93. The van der Waals surface area contributed by atoms with Gasteiger partial charge < -0.3 is 11.1 Å². The Balaban J connectivity index is 1.84. The number of nitrogens with two attached hydrogens (primary N) is 1. The number of rotatable bonds is 5. The van der Waals surface area contributed by atoms with Gasteiger partial charge in [-0.1, -0.05) is 6.92 Å². The van der Waals surface area contributed by atoms with E-state index in [9.17, 15) is 9.18 Å². The molecule has 0 spiro atoms. The summed E-state index contributed by atoms with van der Waals surface area (Å²) in [6.45, 7) is 3.38. The molecule has 0 bridgehead atoms. The maximum Gasteiger partial charge on any atom is 0.238 e. The summed E-state index contributed by atoms with van der Waals surface area (Å²) in [6, 6.07) is 4.14. The van der Waals surface area contributed by atoms with Crippen LogP contribution in [0.2, 0.25) is 0 Å². The van der Waals surface area contributed by atoms with Crippen molar-refractivity contribution in [2.24, 2.45) is 11.8 Å². The number of benzene rings is 1. The molecule has 0 saturated heterocycles. The molecule has 2 unspecified atom stereocenters. The summed E-state index contributed by atoms with van der Waals surface area (Å²) in [5.74, 6) is 0.764. The molecule has 4 nitrogen and oxygen atoms in total. The average molecular weight is 265 g/mol. The van der Waals surface area contributed by atoms with Gasteiger partial charge in [0.2, 0.25) is 5.91 Å². The summed E-state index contributed by atoms with van der Waals surface area (Å²) >= 11 is 0. The molecule has 104 valence electrons. The largest absolute Gasteiger partial charge is 0.399 e. The SMILES string of the molecule is CC1CC1CN(C)CC(=O)Nc1cc(N)ccc1F. The van der Waals surface area contributed by atoms with Gasteiger partial charge in [-0.15, -0.1) is 0 Å². The van der Waals surface area contributed by atoms with Crippen LogP contribution in [0.4, 0.5) is 15.8 Å². The summed E-state index contributed by atoms with van der Waals surface area (Å²) in [4.78, 5) is 13.8. The second-order valence-corrected chi connectivity index (χ2v) is 5.46. The molecule has 1 aliphatic rings. The molecule has 1 amide bonds. The van der Waals surface area contributed by atoms with Crippen LogP contribution in [0, 0.1) is 17.7 Å². The third-order valence-corrected chi connectivity index (χ3v) is 3.50. The van der Waals surface area contributed by atoms with Gasteiger partial charge in [0.05, 0.1) is 12.2 Å². The quantitative estimate of drug-likeness (QED) is 0.800. The van der Waals surface area contributed by atoms with Crippen molar-refractivity contribution in [1.29, 1.82) is 0 Å². The zero-order valence-corrected chi connectivity index (χ0v) is 11.3. The number of halogens is 1. The molecule has 1 aromatic rings. The van der Waals surface area contributed by atoms with Gasteiger partial charge in [0.15, 0.2) is 0 Å². The molecule has 0 heterocycles. The number of nitrogens with zero attached hydrogens (tertiary/aromatic N) is 1. The molecule has 1 aromatic carbocycles. The van der Waals surface area contributed by atoms with E-state index in [1.165, 1.54) is 24.6 Å². The van der Waals surface area contributed by atoms with E-state index < -0.39 is 5.82 Å². The minimum atomic E-state index is -0.471. The van der Waals surface area contributed by atoms with E-state index in [0.717, 1.165) is 12.5 Å². The van der Waals surface area contributed by atoms with Crippen molar-refractivity contribution >= 4 is 17.3 Å². The average Bonchev–Trinajstić information content (AvgIpc) is 2.99. The van der Waals surface area contributed by atoms with Gasteiger partial charge in [0.25, 0.3) is 0 Å². The van der Waals surface area contributed by atoms with Crippen LogP contribution in [-0.2, 0) is 4.79 Å². The van der Waals surface area contributed by atoms with E-state index in [-0.39, 0.29) is 18.1 Å². The maximum absolute atomic E-state index is 13.5. The van der Waals surface area contributed by atoms with Crippen LogP contribution in [0.25, 0.3) is 0 Å². The first-order valence-electron chi connectivity index (χ1n) is 6.49. The first-order valence-corrected chi connectivity index (χ1v) is 6.49. The molecule has 2 atom stereocenters. The van der Waals surface area contributed by atoms with Gasteiger partial charge in [0.1, 0.15) is 5.82 Å². The molecule has 3 N–H and O–H groups in total. The Morgan fingerprint density at radius 3 is 2.89 bits per heavy atom. The van der Waals surface area contributed by atoms with Gasteiger partial charge in [-0.05, 0) is 43.5 Å². The van der Waals surface area contributed by atoms with E-state index in [1.54, 1.807) is 0 Å². The first kappa shape index (κ1) is 13.8. The standard InChI is InChI=1S/C14H20FN3O/c1-9-5-10(9)7-18(2)8-14(19)17-13-6-11(16)3-4-12(13)15/h3-4,6,9-10H,5,7-8,16H2,1-2H3,(H,17,19). The number of hydrogen-bond donors (Lipinski definition) is 2. The Morgan fingerprint density at radius 1 is 1.58 bits per heavy atom. The number of amides is 1. The molecular weight excluding hydrogens is 245 g/mol. The van der Waals surface area contributed by atoms with Gasteiger partial charge in [-0.3, -0.25) is 9.69 Å². The Hall–Kier alpha value is -1.62. The number of nitrogen functional groups attached to an aromatic ring is 1. The molecule has 1 fully saturated rings. The molecule has 19 heavy (non-hydrogen) atoms. The Morgan fingerprint density at radius 2 is 2.26 bits per heavy atom. The number of carbonyl (C=O) groups excluding carboxylic acids is 1. The van der Waals surface area contributed by atoms with Crippen molar-refractivity contribution in [3.63, 3.8) is 0 Å². The van der Waals surface area contributed by atoms with Crippen molar-refractivity contribution in [1.82, 2.24) is 4.90 Å². The molecule has 1 saturated carbocycles. The zero-order valence-electron chi connectivity index (χ0n) is 11.3. The molecular formula is C14H20FN3O. The highest BCUT2D eigenvalue weighted by Crippen LogP contribution is 2.37. The van der Waals surface area contributed by atoms with Crippen LogP contribution in [0.3, 0.4) is 0 Å². The number of anilines is 2. The minimum absolute atomic E-state index is 0.137. The highest BCUT2D eigenvalue weighted by Gasteiger charge is 2.33. The summed E-state index contributed by atoms with van der Waals surface area (Å²) in [5.41, 5.74) is 6.13.